The molecule has 0 bridgehead atoms. The van der Waals surface area contributed by atoms with E-state index in [4.69, 9.17) is 9.47 Å². The molecule has 0 spiro atoms. The monoisotopic (exact) mass is 293 g/mol. The van der Waals surface area contributed by atoms with Gasteiger partial charge in [-0.1, -0.05) is 30.3 Å². The van der Waals surface area contributed by atoms with Gasteiger partial charge in [-0.2, -0.15) is 0 Å². The molecular formula is C17H27NO3. The quantitative estimate of drug-likeness (QED) is 0.579. The molecule has 1 saturated carbocycles. The number of hydrogen-bond acceptors (Lipinski definition) is 4. The summed E-state index contributed by atoms with van der Waals surface area (Å²) >= 11 is 0. The zero-order chi connectivity index (χ0) is 14.8. The van der Waals surface area contributed by atoms with Crippen molar-refractivity contribution in [3.63, 3.8) is 0 Å². The van der Waals surface area contributed by atoms with E-state index in [0.29, 0.717) is 19.8 Å². The van der Waals surface area contributed by atoms with Crippen LogP contribution >= 0.6 is 0 Å². The second-order valence-corrected chi connectivity index (χ2v) is 5.73. The summed E-state index contributed by atoms with van der Waals surface area (Å²) < 4.78 is 11.0. The van der Waals surface area contributed by atoms with Crippen LogP contribution in [0.5, 0.6) is 0 Å². The van der Waals surface area contributed by atoms with Crippen molar-refractivity contribution in [2.75, 3.05) is 32.9 Å². The molecular weight excluding hydrogens is 266 g/mol. The highest BCUT2D eigenvalue weighted by Gasteiger charge is 2.20. The molecule has 1 aliphatic carbocycles. The maximum Gasteiger partial charge on any atom is 0.0897 e. The molecule has 0 aliphatic heterocycles. The molecule has 0 radical (unpaired) electrons. The molecule has 21 heavy (non-hydrogen) atoms. The summed E-state index contributed by atoms with van der Waals surface area (Å²) in [4.78, 5) is 0. The largest absolute Gasteiger partial charge is 0.389 e. The summed E-state index contributed by atoms with van der Waals surface area (Å²) in [6.45, 7) is 4.09. The van der Waals surface area contributed by atoms with Gasteiger partial charge in [-0.15, -0.1) is 0 Å². The first kappa shape index (κ1) is 16.4. The second-order valence-electron chi connectivity index (χ2n) is 5.73. The van der Waals surface area contributed by atoms with E-state index in [1.807, 2.05) is 30.3 Å². The van der Waals surface area contributed by atoms with Crippen molar-refractivity contribution >= 4 is 0 Å². The van der Waals surface area contributed by atoms with Crippen LogP contribution in [0.4, 0.5) is 0 Å². The van der Waals surface area contributed by atoms with Crippen molar-refractivity contribution in [1.82, 2.24) is 5.32 Å². The van der Waals surface area contributed by atoms with Gasteiger partial charge in [-0.25, -0.2) is 0 Å². The Morgan fingerprint density at radius 2 is 2.00 bits per heavy atom. The third-order valence-corrected chi connectivity index (χ3v) is 3.49. The smallest absolute Gasteiger partial charge is 0.0897 e. The molecule has 1 aromatic rings. The summed E-state index contributed by atoms with van der Waals surface area (Å²) in [5, 5.41) is 13.0. The van der Waals surface area contributed by atoms with E-state index in [2.05, 4.69) is 5.32 Å². The molecule has 4 nitrogen and oxygen atoms in total. The maximum absolute atomic E-state index is 9.79. The lowest BCUT2D eigenvalue weighted by molar-refractivity contribution is 0.0286. The van der Waals surface area contributed by atoms with Gasteiger partial charge in [0.1, 0.15) is 0 Å². The standard InChI is InChI=1S/C17H27NO3/c19-17(14-21-13-15-5-2-1-3-6-15)11-18-9-4-10-20-12-16-7-8-16/h1-3,5-6,16-19H,4,7-14H2. The molecule has 2 rings (SSSR count). The number of aliphatic hydroxyl groups excluding tert-OH is 1. The van der Waals surface area contributed by atoms with Crippen LogP contribution in [0.15, 0.2) is 30.3 Å². The summed E-state index contributed by atoms with van der Waals surface area (Å²) in [7, 11) is 0. The van der Waals surface area contributed by atoms with Crippen LogP contribution in [0.2, 0.25) is 0 Å². The lowest BCUT2D eigenvalue weighted by Gasteiger charge is -2.12. The molecule has 4 heteroatoms. The molecule has 2 N–H and O–H groups in total. The predicted molar refractivity (Wildman–Crippen MR) is 83.1 cm³/mol. The minimum atomic E-state index is -0.457. The zero-order valence-electron chi connectivity index (χ0n) is 12.7. The molecule has 1 fully saturated rings. The van der Waals surface area contributed by atoms with Crippen LogP contribution in [0.3, 0.4) is 0 Å². The average molecular weight is 293 g/mol. The lowest BCUT2D eigenvalue weighted by Crippen LogP contribution is -2.31. The molecule has 1 aliphatic rings. The van der Waals surface area contributed by atoms with Crippen LogP contribution < -0.4 is 5.32 Å². The number of hydrogen-bond donors (Lipinski definition) is 2. The Balaban J connectivity index is 1.37. The van der Waals surface area contributed by atoms with E-state index in [-0.39, 0.29) is 0 Å². The Kier molecular flexibility index (Phi) is 7.75. The van der Waals surface area contributed by atoms with Crippen LogP contribution in [0.1, 0.15) is 24.8 Å². The molecule has 1 unspecified atom stereocenters. The van der Waals surface area contributed by atoms with Crippen molar-refractivity contribution in [3.8, 4) is 0 Å². The van der Waals surface area contributed by atoms with Gasteiger partial charge >= 0.3 is 0 Å². The minimum absolute atomic E-state index is 0.361. The summed E-state index contributed by atoms with van der Waals surface area (Å²) in [5.74, 6) is 0.835. The fourth-order valence-electron chi connectivity index (χ4n) is 2.05. The number of nitrogens with one attached hydrogen (secondary N) is 1. The maximum atomic E-state index is 9.79. The number of rotatable bonds is 12. The molecule has 1 aromatic carbocycles. The third kappa shape index (κ3) is 8.17. The molecule has 0 heterocycles. The fraction of sp³-hybridized carbons (Fsp3) is 0.647. The van der Waals surface area contributed by atoms with Crippen molar-refractivity contribution in [3.05, 3.63) is 35.9 Å². The number of aliphatic hydroxyl groups is 1. The number of benzene rings is 1. The normalized spacial score (nSPS) is 16.0. The van der Waals surface area contributed by atoms with E-state index in [1.165, 1.54) is 12.8 Å². The van der Waals surface area contributed by atoms with Crippen molar-refractivity contribution in [2.24, 2.45) is 5.92 Å². The van der Waals surface area contributed by atoms with Gasteiger partial charge in [0.25, 0.3) is 0 Å². The topological polar surface area (TPSA) is 50.7 Å². The van der Waals surface area contributed by atoms with Crippen LogP contribution in [-0.4, -0.2) is 44.1 Å². The van der Waals surface area contributed by atoms with Crippen LogP contribution in [-0.2, 0) is 16.1 Å². The van der Waals surface area contributed by atoms with E-state index in [0.717, 1.165) is 37.7 Å². The van der Waals surface area contributed by atoms with Gasteiger partial charge in [-0.3, -0.25) is 0 Å². The Bertz CT molecular complexity index is 368. The first-order valence-electron chi connectivity index (χ1n) is 7.93. The average Bonchev–Trinajstić information content (AvgIpc) is 3.31. The first-order valence-corrected chi connectivity index (χ1v) is 7.93. The van der Waals surface area contributed by atoms with Gasteiger partial charge in [0.05, 0.1) is 19.3 Å². The summed E-state index contributed by atoms with van der Waals surface area (Å²) in [5.41, 5.74) is 1.13. The third-order valence-electron chi connectivity index (χ3n) is 3.49. The second kappa shape index (κ2) is 9.90. The van der Waals surface area contributed by atoms with Gasteiger partial charge in [0.2, 0.25) is 0 Å². The Morgan fingerprint density at radius 1 is 1.19 bits per heavy atom. The Morgan fingerprint density at radius 3 is 2.76 bits per heavy atom. The van der Waals surface area contributed by atoms with E-state index >= 15 is 0 Å². The van der Waals surface area contributed by atoms with Crippen LogP contribution in [0, 0.1) is 5.92 Å². The van der Waals surface area contributed by atoms with Crippen LogP contribution in [0.25, 0.3) is 0 Å². The molecule has 0 aromatic heterocycles. The molecule has 0 saturated heterocycles. The summed E-state index contributed by atoms with van der Waals surface area (Å²) in [6, 6.07) is 10.00. The van der Waals surface area contributed by atoms with E-state index < -0.39 is 6.10 Å². The molecule has 0 amide bonds. The lowest BCUT2D eigenvalue weighted by atomic mass is 10.2. The predicted octanol–water partition coefficient (Wildman–Crippen LogP) is 1.97. The SMILES string of the molecule is OC(CNCCCOCC1CC1)COCc1ccccc1. The highest BCUT2D eigenvalue weighted by molar-refractivity contribution is 5.13. The first-order chi connectivity index (χ1) is 10.3. The number of ether oxygens (including phenoxy) is 2. The Hall–Kier alpha value is -0.940. The van der Waals surface area contributed by atoms with E-state index in [9.17, 15) is 5.11 Å². The minimum Gasteiger partial charge on any atom is -0.389 e. The van der Waals surface area contributed by atoms with Crippen molar-refractivity contribution in [1.29, 1.82) is 0 Å². The fourth-order valence-corrected chi connectivity index (χ4v) is 2.05. The molecule has 1 atom stereocenters. The molecule has 118 valence electrons. The highest BCUT2D eigenvalue weighted by Crippen LogP contribution is 2.28. The van der Waals surface area contributed by atoms with E-state index in [1.54, 1.807) is 0 Å². The Labute approximate surface area is 127 Å². The van der Waals surface area contributed by atoms with Crippen molar-refractivity contribution < 1.29 is 14.6 Å². The summed E-state index contributed by atoms with van der Waals surface area (Å²) in [6.07, 6.45) is 3.21. The highest BCUT2D eigenvalue weighted by atomic mass is 16.5. The van der Waals surface area contributed by atoms with Gasteiger partial charge in [0, 0.05) is 19.8 Å². The zero-order valence-corrected chi connectivity index (χ0v) is 12.7. The van der Waals surface area contributed by atoms with Crippen molar-refractivity contribution in [2.45, 2.75) is 32.0 Å². The van der Waals surface area contributed by atoms with Gasteiger partial charge in [0.15, 0.2) is 0 Å². The van der Waals surface area contributed by atoms with Gasteiger partial charge in [-0.05, 0) is 37.3 Å². The van der Waals surface area contributed by atoms with Gasteiger partial charge < -0.3 is 19.9 Å².